The molecule has 5 nitrogen and oxygen atoms in total. The van der Waals surface area contributed by atoms with Gasteiger partial charge in [-0.25, -0.2) is 13.2 Å². The Labute approximate surface area is 113 Å². The van der Waals surface area contributed by atoms with Crippen molar-refractivity contribution in [2.24, 2.45) is 5.92 Å². The molecule has 106 valence electrons. The first-order valence-corrected chi connectivity index (χ1v) is 7.71. The Hall–Kier alpha value is -1.56. The van der Waals surface area contributed by atoms with Crippen molar-refractivity contribution in [3.05, 3.63) is 29.3 Å². The molecule has 0 saturated carbocycles. The summed E-state index contributed by atoms with van der Waals surface area (Å²) in [5.74, 6) is -0.649. The number of benzene rings is 1. The molecule has 1 aromatic rings. The molecule has 0 amide bonds. The molecular formula is C13H19NO4S. The fraction of sp³-hybridized carbons (Fsp3) is 0.462. The van der Waals surface area contributed by atoms with Crippen LogP contribution in [-0.4, -0.2) is 25.2 Å². The van der Waals surface area contributed by atoms with Crippen molar-refractivity contribution in [2.45, 2.75) is 27.2 Å². The minimum atomic E-state index is -3.38. The minimum absolute atomic E-state index is 0.0599. The first-order chi connectivity index (χ1) is 8.71. The lowest BCUT2D eigenvalue weighted by Crippen LogP contribution is -2.18. The van der Waals surface area contributed by atoms with Crippen molar-refractivity contribution >= 4 is 21.7 Å². The van der Waals surface area contributed by atoms with Gasteiger partial charge in [0, 0.05) is 5.69 Å². The second-order valence-electron chi connectivity index (χ2n) is 4.94. The van der Waals surface area contributed by atoms with E-state index < -0.39 is 16.0 Å². The van der Waals surface area contributed by atoms with Crippen LogP contribution >= 0.6 is 0 Å². The molecule has 2 N–H and O–H groups in total. The van der Waals surface area contributed by atoms with E-state index in [2.05, 4.69) is 4.72 Å². The van der Waals surface area contributed by atoms with Gasteiger partial charge >= 0.3 is 5.97 Å². The number of aromatic carboxylic acids is 1. The second-order valence-corrected chi connectivity index (χ2v) is 6.78. The third-order valence-electron chi connectivity index (χ3n) is 2.69. The van der Waals surface area contributed by atoms with Crippen LogP contribution in [0.4, 0.5) is 5.69 Å². The SMILES string of the molecule is Cc1cc(NS(=O)(=O)CCC(C)C)ccc1C(=O)O. The van der Waals surface area contributed by atoms with Crippen molar-refractivity contribution in [3.8, 4) is 0 Å². The molecule has 0 saturated heterocycles. The highest BCUT2D eigenvalue weighted by molar-refractivity contribution is 7.92. The van der Waals surface area contributed by atoms with Gasteiger partial charge in [0.2, 0.25) is 10.0 Å². The molecule has 0 bridgehead atoms. The van der Waals surface area contributed by atoms with Crippen molar-refractivity contribution in [1.29, 1.82) is 0 Å². The van der Waals surface area contributed by atoms with E-state index in [1.807, 2.05) is 13.8 Å². The van der Waals surface area contributed by atoms with E-state index in [1.54, 1.807) is 6.92 Å². The van der Waals surface area contributed by atoms with Crippen molar-refractivity contribution < 1.29 is 18.3 Å². The predicted octanol–water partition coefficient (Wildman–Crippen LogP) is 2.48. The van der Waals surface area contributed by atoms with Gasteiger partial charge in [0.15, 0.2) is 0 Å². The zero-order valence-electron chi connectivity index (χ0n) is 11.3. The predicted molar refractivity (Wildman–Crippen MR) is 75.0 cm³/mol. The Balaban J connectivity index is 2.83. The topological polar surface area (TPSA) is 83.5 Å². The van der Waals surface area contributed by atoms with Crippen LogP contribution in [0.25, 0.3) is 0 Å². The number of anilines is 1. The van der Waals surface area contributed by atoms with E-state index in [4.69, 9.17) is 5.11 Å². The summed E-state index contributed by atoms with van der Waals surface area (Å²) in [4.78, 5) is 10.9. The Bertz CT molecular complexity index is 564. The van der Waals surface area contributed by atoms with E-state index in [0.717, 1.165) is 0 Å². The van der Waals surface area contributed by atoms with Gasteiger partial charge in [-0.1, -0.05) is 13.8 Å². The van der Waals surface area contributed by atoms with Crippen LogP contribution in [-0.2, 0) is 10.0 Å². The zero-order valence-corrected chi connectivity index (χ0v) is 12.1. The Morgan fingerprint density at radius 3 is 2.47 bits per heavy atom. The molecule has 0 aliphatic rings. The molecule has 0 heterocycles. The fourth-order valence-corrected chi connectivity index (χ4v) is 2.96. The summed E-state index contributed by atoms with van der Waals surface area (Å²) < 4.78 is 26.1. The molecule has 1 rings (SSSR count). The van der Waals surface area contributed by atoms with Crippen LogP contribution in [0.2, 0.25) is 0 Å². The van der Waals surface area contributed by atoms with E-state index in [9.17, 15) is 13.2 Å². The second kappa shape index (κ2) is 6.06. The van der Waals surface area contributed by atoms with Gasteiger partial charge in [-0.3, -0.25) is 4.72 Å². The van der Waals surface area contributed by atoms with Crippen LogP contribution in [0.3, 0.4) is 0 Å². The lowest BCUT2D eigenvalue weighted by molar-refractivity contribution is 0.0696. The normalized spacial score (nSPS) is 11.6. The molecule has 0 aromatic heterocycles. The highest BCUT2D eigenvalue weighted by atomic mass is 32.2. The monoisotopic (exact) mass is 285 g/mol. The zero-order chi connectivity index (χ0) is 14.6. The Morgan fingerprint density at radius 2 is 2.00 bits per heavy atom. The van der Waals surface area contributed by atoms with E-state index >= 15 is 0 Å². The average Bonchev–Trinajstić information content (AvgIpc) is 2.25. The summed E-state index contributed by atoms with van der Waals surface area (Å²) in [6.45, 7) is 5.55. The maximum Gasteiger partial charge on any atom is 0.335 e. The van der Waals surface area contributed by atoms with Crippen LogP contribution in [0, 0.1) is 12.8 Å². The summed E-state index contributed by atoms with van der Waals surface area (Å²) in [5.41, 5.74) is 1.09. The number of aryl methyl sites for hydroxylation is 1. The number of sulfonamides is 1. The lowest BCUT2D eigenvalue weighted by Gasteiger charge is -2.10. The molecule has 0 atom stereocenters. The largest absolute Gasteiger partial charge is 0.478 e. The summed E-state index contributed by atoms with van der Waals surface area (Å²) in [6, 6.07) is 4.39. The van der Waals surface area contributed by atoms with Crippen molar-refractivity contribution in [2.75, 3.05) is 10.5 Å². The van der Waals surface area contributed by atoms with Gasteiger partial charge in [0.25, 0.3) is 0 Å². The van der Waals surface area contributed by atoms with E-state index in [1.165, 1.54) is 18.2 Å². The number of nitrogens with one attached hydrogen (secondary N) is 1. The van der Waals surface area contributed by atoms with Gasteiger partial charge in [0.05, 0.1) is 11.3 Å². The van der Waals surface area contributed by atoms with Crippen molar-refractivity contribution in [3.63, 3.8) is 0 Å². The first kappa shape index (κ1) is 15.5. The molecular weight excluding hydrogens is 266 g/mol. The van der Waals surface area contributed by atoms with Crippen molar-refractivity contribution in [1.82, 2.24) is 0 Å². The van der Waals surface area contributed by atoms with Gasteiger partial charge in [-0.05, 0) is 43.0 Å². The molecule has 0 aliphatic carbocycles. The smallest absolute Gasteiger partial charge is 0.335 e. The lowest BCUT2D eigenvalue weighted by atomic mass is 10.1. The molecule has 0 fully saturated rings. The third-order valence-corrected chi connectivity index (χ3v) is 4.01. The number of hydrogen-bond donors (Lipinski definition) is 2. The molecule has 0 spiro atoms. The Kier molecular flexibility index (Phi) is 4.94. The first-order valence-electron chi connectivity index (χ1n) is 6.05. The highest BCUT2D eigenvalue weighted by Gasteiger charge is 2.13. The molecule has 0 unspecified atom stereocenters. The standard InChI is InChI=1S/C13H19NO4S/c1-9(2)6-7-19(17,18)14-11-4-5-12(13(15)16)10(3)8-11/h4-5,8-9,14H,6-7H2,1-3H3,(H,15,16). The molecule has 1 aromatic carbocycles. The summed E-state index contributed by atoms with van der Waals surface area (Å²) in [7, 11) is -3.38. The minimum Gasteiger partial charge on any atom is -0.478 e. The fourth-order valence-electron chi connectivity index (χ4n) is 1.59. The maximum atomic E-state index is 11.8. The summed E-state index contributed by atoms with van der Waals surface area (Å²) >= 11 is 0. The van der Waals surface area contributed by atoms with Gasteiger partial charge in [0.1, 0.15) is 0 Å². The van der Waals surface area contributed by atoms with Gasteiger partial charge in [-0.2, -0.15) is 0 Å². The summed E-state index contributed by atoms with van der Waals surface area (Å²) in [5, 5.41) is 8.90. The van der Waals surface area contributed by atoms with Crippen LogP contribution in [0.5, 0.6) is 0 Å². The number of carboxylic acids is 1. The van der Waals surface area contributed by atoms with Gasteiger partial charge < -0.3 is 5.11 Å². The third kappa shape index (κ3) is 4.90. The molecule has 6 heteroatoms. The number of carboxylic acid groups (broad SMARTS) is 1. The molecule has 0 radical (unpaired) electrons. The number of carbonyl (C=O) groups is 1. The average molecular weight is 285 g/mol. The quantitative estimate of drug-likeness (QED) is 0.841. The maximum absolute atomic E-state index is 11.8. The Morgan fingerprint density at radius 1 is 1.37 bits per heavy atom. The molecule has 0 aliphatic heterocycles. The van der Waals surface area contributed by atoms with Crippen LogP contribution in [0.1, 0.15) is 36.2 Å². The number of hydrogen-bond acceptors (Lipinski definition) is 3. The molecule has 19 heavy (non-hydrogen) atoms. The van der Waals surface area contributed by atoms with Gasteiger partial charge in [-0.15, -0.1) is 0 Å². The van der Waals surface area contributed by atoms with E-state index in [-0.39, 0.29) is 11.3 Å². The van der Waals surface area contributed by atoms with Crippen LogP contribution in [0.15, 0.2) is 18.2 Å². The van der Waals surface area contributed by atoms with E-state index in [0.29, 0.717) is 23.6 Å². The summed E-state index contributed by atoms with van der Waals surface area (Å²) in [6.07, 6.45) is 0.585. The number of rotatable bonds is 6. The van der Waals surface area contributed by atoms with Crippen LogP contribution < -0.4 is 4.72 Å². The highest BCUT2D eigenvalue weighted by Crippen LogP contribution is 2.17.